The van der Waals surface area contributed by atoms with Gasteiger partial charge in [-0.05, 0) is 49.9 Å². The number of hydrogen-bond acceptors (Lipinski definition) is 5. The molecule has 118 valence electrons. The van der Waals surface area contributed by atoms with Crippen molar-refractivity contribution in [2.75, 3.05) is 6.61 Å². The molecule has 0 amide bonds. The van der Waals surface area contributed by atoms with Gasteiger partial charge >= 0.3 is 0 Å². The van der Waals surface area contributed by atoms with E-state index in [0.29, 0.717) is 24.7 Å². The summed E-state index contributed by atoms with van der Waals surface area (Å²) in [5, 5.41) is 4.05. The maximum Gasteiger partial charge on any atom is 0.230 e. The minimum atomic E-state index is -0.392. The first-order chi connectivity index (χ1) is 10.6. The predicted molar refractivity (Wildman–Crippen MR) is 83.7 cm³/mol. The van der Waals surface area contributed by atoms with Crippen LogP contribution in [0, 0.1) is 13.8 Å². The fourth-order valence-electron chi connectivity index (χ4n) is 2.85. The topological polar surface area (TPSA) is 74.2 Å². The molecule has 1 aromatic carbocycles. The first kappa shape index (κ1) is 15.0. The Hall–Kier alpha value is -1.88. The Morgan fingerprint density at radius 2 is 2.00 bits per heavy atom. The molecular formula is C17H23N3O2. The number of ether oxygens (including phenoxy) is 1. The van der Waals surface area contributed by atoms with Gasteiger partial charge in [0.2, 0.25) is 5.89 Å². The SMILES string of the molecule is Cc1ccc(OCCc2nc(C3(N)CCCC3)no2)cc1C. The summed E-state index contributed by atoms with van der Waals surface area (Å²) in [5.74, 6) is 2.11. The van der Waals surface area contributed by atoms with Gasteiger partial charge in [-0.2, -0.15) is 4.98 Å². The Morgan fingerprint density at radius 3 is 2.73 bits per heavy atom. The number of benzene rings is 1. The molecule has 0 aliphatic heterocycles. The smallest absolute Gasteiger partial charge is 0.230 e. The van der Waals surface area contributed by atoms with E-state index in [0.717, 1.165) is 31.4 Å². The minimum Gasteiger partial charge on any atom is -0.493 e. The zero-order valence-corrected chi connectivity index (χ0v) is 13.3. The molecule has 0 saturated heterocycles. The van der Waals surface area contributed by atoms with Crippen molar-refractivity contribution in [1.29, 1.82) is 0 Å². The average molecular weight is 301 g/mol. The molecule has 1 aliphatic carbocycles. The van der Waals surface area contributed by atoms with E-state index in [1.54, 1.807) is 0 Å². The lowest BCUT2D eigenvalue weighted by molar-refractivity contribution is 0.289. The second-order valence-corrected chi connectivity index (χ2v) is 6.22. The summed E-state index contributed by atoms with van der Waals surface area (Å²) < 4.78 is 11.0. The highest BCUT2D eigenvalue weighted by Crippen LogP contribution is 2.34. The van der Waals surface area contributed by atoms with Gasteiger partial charge in [-0.15, -0.1) is 0 Å². The van der Waals surface area contributed by atoms with Gasteiger partial charge in [-0.1, -0.05) is 24.1 Å². The van der Waals surface area contributed by atoms with E-state index in [2.05, 4.69) is 30.1 Å². The molecule has 2 N–H and O–H groups in total. The summed E-state index contributed by atoms with van der Waals surface area (Å²) in [5.41, 5.74) is 8.42. The highest BCUT2D eigenvalue weighted by Gasteiger charge is 2.35. The zero-order chi connectivity index (χ0) is 15.6. The van der Waals surface area contributed by atoms with Gasteiger partial charge in [0.15, 0.2) is 5.82 Å². The van der Waals surface area contributed by atoms with Crippen molar-refractivity contribution < 1.29 is 9.26 Å². The van der Waals surface area contributed by atoms with Gasteiger partial charge in [0.1, 0.15) is 5.75 Å². The van der Waals surface area contributed by atoms with Crippen LogP contribution in [-0.4, -0.2) is 16.7 Å². The van der Waals surface area contributed by atoms with Gasteiger partial charge < -0.3 is 15.0 Å². The van der Waals surface area contributed by atoms with Gasteiger partial charge in [-0.25, -0.2) is 0 Å². The summed E-state index contributed by atoms with van der Waals surface area (Å²) in [6.45, 7) is 4.68. The number of hydrogen-bond donors (Lipinski definition) is 1. The molecule has 0 atom stereocenters. The third-order valence-electron chi connectivity index (χ3n) is 4.47. The van der Waals surface area contributed by atoms with E-state index in [9.17, 15) is 0 Å². The summed E-state index contributed by atoms with van der Waals surface area (Å²) in [6, 6.07) is 6.09. The van der Waals surface area contributed by atoms with Crippen LogP contribution in [0.4, 0.5) is 0 Å². The van der Waals surface area contributed by atoms with Crippen LogP contribution in [0.2, 0.25) is 0 Å². The van der Waals surface area contributed by atoms with Crippen LogP contribution < -0.4 is 10.5 Å². The molecule has 1 aromatic heterocycles. The van der Waals surface area contributed by atoms with Gasteiger partial charge in [0, 0.05) is 0 Å². The second-order valence-electron chi connectivity index (χ2n) is 6.22. The molecule has 0 bridgehead atoms. The Bertz CT molecular complexity index is 645. The molecule has 1 saturated carbocycles. The van der Waals surface area contributed by atoms with Crippen LogP contribution in [0.15, 0.2) is 22.7 Å². The van der Waals surface area contributed by atoms with Crippen LogP contribution in [-0.2, 0) is 12.0 Å². The third-order valence-corrected chi connectivity index (χ3v) is 4.47. The van der Waals surface area contributed by atoms with Crippen molar-refractivity contribution in [3.05, 3.63) is 41.0 Å². The molecule has 5 nitrogen and oxygen atoms in total. The lowest BCUT2D eigenvalue weighted by atomic mass is 9.99. The molecule has 1 aliphatic rings. The first-order valence-electron chi connectivity index (χ1n) is 7.89. The number of nitrogens with zero attached hydrogens (tertiary/aromatic N) is 2. The van der Waals surface area contributed by atoms with Gasteiger partial charge in [0.05, 0.1) is 18.6 Å². The van der Waals surface area contributed by atoms with Gasteiger partial charge in [0.25, 0.3) is 0 Å². The molecule has 22 heavy (non-hydrogen) atoms. The van der Waals surface area contributed by atoms with Crippen molar-refractivity contribution in [2.24, 2.45) is 5.73 Å². The molecule has 1 heterocycles. The van der Waals surface area contributed by atoms with Crippen LogP contribution in [0.25, 0.3) is 0 Å². The Balaban J connectivity index is 1.56. The monoisotopic (exact) mass is 301 g/mol. The van der Waals surface area contributed by atoms with E-state index in [-0.39, 0.29) is 0 Å². The van der Waals surface area contributed by atoms with Crippen molar-refractivity contribution in [3.63, 3.8) is 0 Å². The van der Waals surface area contributed by atoms with Crippen molar-refractivity contribution >= 4 is 0 Å². The summed E-state index contributed by atoms with van der Waals surface area (Å²) in [7, 11) is 0. The zero-order valence-electron chi connectivity index (χ0n) is 13.3. The summed E-state index contributed by atoms with van der Waals surface area (Å²) in [6.07, 6.45) is 4.73. The highest BCUT2D eigenvalue weighted by atomic mass is 16.5. The molecule has 5 heteroatoms. The van der Waals surface area contributed by atoms with E-state index in [4.69, 9.17) is 15.0 Å². The molecule has 2 aromatic rings. The van der Waals surface area contributed by atoms with E-state index in [1.165, 1.54) is 11.1 Å². The highest BCUT2D eigenvalue weighted by molar-refractivity contribution is 5.33. The maximum absolute atomic E-state index is 6.33. The molecule has 0 unspecified atom stereocenters. The Labute approximate surface area is 130 Å². The lowest BCUT2D eigenvalue weighted by Gasteiger charge is -2.17. The second kappa shape index (κ2) is 6.08. The normalized spacial score (nSPS) is 16.9. The van der Waals surface area contributed by atoms with Crippen molar-refractivity contribution in [1.82, 2.24) is 10.1 Å². The van der Waals surface area contributed by atoms with Crippen molar-refractivity contribution in [3.8, 4) is 5.75 Å². The minimum absolute atomic E-state index is 0.392. The summed E-state index contributed by atoms with van der Waals surface area (Å²) >= 11 is 0. The maximum atomic E-state index is 6.33. The fraction of sp³-hybridized carbons (Fsp3) is 0.529. The molecule has 0 radical (unpaired) electrons. The van der Waals surface area contributed by atoms with E-state index >= 15 is 0 Å². The van der Waals surface area contributed by atoms with Crippen molar-refractivity contribution in [2.45, 2.75) is 51.5 Å². The molecule has 3 rings (SSSR count). The van der Waals surface area contributed by atoms with E-state index in [1.807, 2.05) is 12.1 Å². The van der Waals surface area contributed by atoms with Crippen LogP contribution in [0.5, 0.6) is 5.75 Å². The largest absolute Gasteiger partial charge is 0.493 e. The average Bonchev–Trinajstić information content (AvgIpc) is 3.13. The van der Waals surface area contributed by atoms with Crippen LogP contribution in [0.1, 0.15) is 48.5 Å². The molecule has 1 fully saturated rings. The molecular weight excluding hydrogens is 278 g/mol. The quantitative estimate of drug-likeness (QED) is 0.918. The number of aryl methyl sites for hydroxylation is 2. The third kappa shape index (κ3) is 3.14. The van der Waals surface area contributed by atoms with Crippen LogP contribution in [0.3, 0.4) is 0 Å². The van der Waals surface area contributed by atoms with Crippen LogP contribution >= 0.6 is 0 Å². The Kier molecular flexibility index (Phi) is 4.16. The standard InChI is InChI=1S/C17H23N3O2/c1-12-5-6-14(11-13(12)2)21-10-7-15-19-16(20-22-15)17(18)8-3-4-9-17/h5-6,11H,3-4,7-10,18H2,1-2H3. The summed E-state index contributed by atoms with van der Waals surface area (Å²) in [4.78, 5) is 4.44. The number of rotatable bonds is 5. The number of aromatic nitrogens is 2. The number of nitrogens with two attached hydrogens (primary N) is 1. The molecule has 0 spiro atoms. The first-order valence-corrected chi connectivity index (χ1v) is 7.89. The Morgan fingerprint density at radius 1 is 1.23 bits per heavy atom. The lowest BCUT2D eigenvalue weighted by Crippen LogP contribution is -2.34. The fourth-order valence-corrected chi connectivity index (χ4v) is 2.85. The van der Waals surface area contributed by atoms with E-state index < -0.39 is 5.54 Å². The van der Waals surface area contributed by atoms with Gasteiger partial charge in [-0.3, -0.25) is 0 Å². The predicted octanol–water partition coefficient (Wildman–Crippen LogP) is 3.04.